The first kappa shape index (κ1) is 18.5. The zero-order valence-electron chi connectivity index (χ0n) is 15.6. The van der Waals surface area contributed by atoms with E-state index in [-0.39, 0.29) is 17.7 Å². The highest BCUT2D eigenvalue weighted by molar-refractivity contribution is 7.99. The van der Waals surface area contributed by atoms with E-state index in [0.717, 1.165) is 41.3 Å². The van der Waals surface area contributed by atoms with Crippen LogP contribution in [0.15, 0.2) is 45.4 Å². The van der Waals surface area contributed by atoms with E-state index in [1.54, 1.807) is 11.3 Å². The van der Waals surface area contributed by atoms with Gasteiger partial charge >= 0.3 is 0 Å². The van der Waals surface area contributed by atoms with Crippen LogP contribution in [0.1, 0.15) is 24.4 Å². The minimum absolute atomic E-state index is 0.0586. The molecule has 7 nitrogen and oxygen atoms in total. The number of thiophene rings is 1. The van der Waals surface area contributed by atoms with Gasteiger partial charge in [0, 0.05) is 6.54 Å². The Morgan fingerprint density at radius 1 is 1.21 bits per heavy atom. The van der Waals surface area contributed by atoms with E-state index < -0.39 is 0 Å². The maximum atomic E-state index is 12.9. The average molecular weight is 430 g/mol. The second kappa shape index (κ2) is 8.08. The fourth-order valence-corrected chi connectivity index (χ4v) is 4.95. The molecular weight excluding hydrogens is 410 g/mol. The monoisotopic (exact) mass is 429 g/mol. The molecule has 0 N–H and O–H groups in total. The van der Waals surface area contributed by atoms with Crippen LogP contribution >= 0.6 is 23.1 Å². The largest absolute Gasteiger partial charge is 0.486 e. The minimum Gasteiger partial charge on any atom is -0.486 e. The molecule has 2 aliphatic heterocycles. The molecule has 150 valence electrons. The number of hydrogen-bond donors (Lipinski definition) is 0. The molecule has 0 aliphatic carbocycles. The SMILES string of the molecule is O=C(CSc1nnc(-c2cccs2)o1)N1CCCC1c1ccc2c(c1)OCCO2. The summed E-state index contributed by atoms with van der Waals surface area (Å²) in [5, 5.41) is 10.5. The topological polar surface area (TPSA) is 77.7 Å². The molecule has 1 atom stereocenters. The number of fused-ring (bicyclic) bond motifs is 1. The van der Waals surface area contributed by atoms with E-state index in [1.807, 2.05) is 40.6 Å². The number of thioether (sulfide) groups is 1. The molecule has 2 aliphatic rings. The van der Waals surface area contributed by atoms with Crippen molar-refractivity contribution < 1.29 is 18.7 Å². The summed E-state index contributed by atoms with van der Waals surface area (Å²) in [5.41, 5.74) is 1.09. The lowest BCUT2D eigenvalue weighted by Crippen LogP contribution is -2.32. The predicted octanol–water partition coefficient (Wildman–Crippen LogP) is 4.03. The first-order valence-electron chi connectivity index (χ1n) is 9.47. The summed E-state index contributed by atoms with van der Waals surface area (Å²) < 4.78 is 17.0. The third-order valence-corrected chi connectivity index (χ3v) is 6.64. The molecule has 0 radical (unpaired) electrons. The molecule has 9 heteroatoms. The quantitative estimate of drug-likeness (QED) is 0.567. The van der Waals surface area contributed by atoms with Gasteiger partial charge in [0.2, 0.25) is 5.91 Å². The first-order valence-corrected chi connectivity index (χ1v) is 11.3. The van der Waals surface area contributed by atoms with E-state index in [9.17, 15) is 4.79 Å². The number of likely N-dealkylation sites (tertiary alicyclic amines) is 1. The summed E-state index contributed by atoms with van der Waals surface area (Å²) in [5.74, 6) is 2.36. The van der Waals surface area contributed by atoms with Crippen molar-refractivity contribution in [2.45, 2.75) is 24.1 Å². The Morgan fingerprint density at radius 3 is 2.97 bits per heavy atom. The van der Waals surface area contributed by atoms with Crippen LogP contribution in [0.3, 0.4) is 0 Å². The normalized spacial score (nSPS) is 18.2. The number of benzene rings is 1. The van der Waals surface area contributed by atoms with E-state index in [1.165, 1.54) is 11.8 Å². The van der Waals surface area contributed by atoms with E-state index in [0.29, 0.717) is 24.3 Å². The summed E-state index contributed by atoms with van der Waals surface area (Å²) in [6.45, 7) is 1.88. The highest BCUT2D eigenvalue weighted by Crippen LogP contribution is 2.38. The number of rotatable bonds is 5. The molecule has 5 rings (SSSR count). The maximum Gasteiger partial charge on any atom is 0.277 e. The third-order valence-electron chi connectivity index (χ3n) is 4.98. The van der Waals surface area contributed by atoms with Crippen molar-refractivity contribution in [1.29, 1.82) is 0 Å². The van der Waals surface area contributed by atoms with E-state index in [4.69, 9.17) is 13.9 Å². The molecule has 0 saturated carbocycles. The highest BCUT2D eigenvalue weighted by Gasteiger charge is 2.31. The number of carbonyl (C=O) groups is 1. The van der Waals surface area contributed by atoms with Gasteiger partial charge in [-0.1, -0.05) is 23.9 Å². The van der Waals surface area contributed by atoms with Crippen LogP contribution in [0, 0.1) is 0 Å². The van der Waals surface area contributed by atoms with E-state index >= 15 is 0 Å². The summed E-state index contributed by atoms with van der Waals surface area (Å²) in [7, 11) is 0. The Bertz CT molecular complexity index is 1010. The zero-order valence-corrected chi connectivity index (χ0v) is 17.2. The molecule has 3 aromatic rings. The van der Waals surface area contributed by atoms with Gasteiger partial charge in [0.1, 0.15) is 13.2 Å². The Kier molecular flexibility index (Phi) is 5.15. The van der Waals surface area contributed by atoms with Gasteiger partial charge in [-0.2, -0.15) is 0 Å². The summed E-state index contributed by atoms with van der Waals surface area (Å²) in [4.78, 5) is 15.8. The molecule has 2 aromatic heterocycles. The Balaban J connectivity index is 1.25. The third kappa shape index (κ3) is 3.84. The molecule has 1 fully saturated rings. The summed E-state index contributed by atoms with van der Waals surface area (Å²) >= 11 is 2.82. The molecule has 0 bridgehead atoms. The number of ether oxygens (including phenoxy) is 2. The van der Waals surface area contributed by atoms with Crippen molar-refractivity contribution in [2.75, 3.05) is 25.5 Å². The van der Waals surface area contributed by atoms with Gasteiger partial charge in [-0.3, -0.25) is 4.79 Å². The van der Waals surface area contributed by atoms with Crippen molar-refractivity contribution >= 4 is 29.0 Å². The predicted molar refractivity (Wildman–Crippen MR) is 109 cm³/mol. The van der Waals surface area contributed by atoms with Gasteiger partial charge in [-0.05, 0) is 42.0 Å². The molecule has 1 amide bonds. The highest BCUT2D eigenvalue weighted by atomic mass is 32.2. The fourth-order valence-electron chi connectivity index (χ4n) is 3.65. The van der Waals surface area contributed by atoms with E-state index in [2.05, 4.69) is 10.2 Å². The van der Waals surface area contributed by atoms with Gasteiger partial charge in [-0.25, -0.2) is 0 Å². The lowest BCUT2D eigenvalue weighted by molar-refractivity contribution is -0.129. The fraction of sp³-hybridized carbons (Fsp3) is 0.350. The molecule has 1 unspecified atom stereocenters. The second-order valence-electron chi connectivity index (χ2n) is 6.79. The van der Waals surface area contributed by atoms with Gasteiger partial charge in [0.05, 0.1) is 16.7 Å². The Hall–Kier alpha value is -2.52. The number of amides is 1. The molecule has 4 heterocycles. The summed E-state index contributed by atoms with van der Waals surface area (Å²) in [6, 6.07) is 9.89. The van der Waals surface area contributed by atoms with Crippen molar-refractivity contribution in [3.8, 4) is 22.3 Å². The first-order chi connectivity index (χ1) is 14.3. The number of carbonyl (C=O) groups excluding carboxylic acids is 1. The Labute approximate surface area is 176 Å². The molecule has 0 spiro atoms. The second-order valence-corrected chi connectivity index (χ2v) is 8.66. The Morgan fingerprint density at radius 2 is 2.10 bits per heavy atom. The van der Waals surface area contributed by atoms with Gasteiger partial charge in [-0.15, -0.1) is 21.5 Å². The maximum absolute atomic E-state index is 12.9. The van der Waals surface area contributed by atoms with Gasteiger partial charge < -0.3 is 18.8 Å². The zero-order chi connectivity index (χ0) is 19.6. The molecule has 1 saturated heterocycles. The standard InChI is InChI=1S/C20H19N3O4S2/c24-18(12-29-20-22-21-19(27-20)17-4-2-10-28-17)23-7-1-3-14(23)13-5-6-15-16(11-13)26-9-8-25-15/h2,4-6,10-11,14H,1,3,7-9,12H2. The van der Waals surface area contributed by atoms with Crippen molar-refractivity contribution in [3.63, 3.8) is 0 Å². The van der Waals surface area contributed by atoms with Crippen LogP contribution in [-0.2, 0) is 4.79 Å². The van der Waals surface area contributed by atoms with Crippen LogP contribution < -0.4 is 9.47 Å². The summed E-state index contributed by atoms with van der Waals surface area (Å²) in [6.07, 6.45) is 1.93. The molecule has 29 heavy (non-hydrogen) atoms. The van der Waals surface area contributed by atoms with Gasteiger partial charge in [0.15, 0.2) is 11.5 Å². The number of hydrogen-bond acceptors (Lipinski definition) is 8. The van der Waals surface area contributed by atoms with Crippen LogP contribution in [0.25, 0.3) is 10.8 Å². The van der Waals surface area contributed by atoms with Crippen molar-refractivity contribution in [3.05, 3.63) is 41.3 Å². The lowest BCUT2D eigenvalue weighted by Gasteiger charge is -2.26. The number of aromatic nitrogens is 2. The van der Waals surface area contributed by atoms with Crippen LogP contribution in [0.5, 0.6) is 11.5 Å². The number of nitrogens with zero attached hydrogens (tertiary/aromatic N) is 3. The van der Waals surface area contributed by atoms with Gasteiger partial charge in [0.25, 0.3) is 11.1 Å². The van der Waals surface area contributed by atoms with Crippen molar-refractivity contribution in [1.82, 2.24) is 15.1 Å². The van der Waals surface area contributed by atoms with Crippen LogP contribution in [0.2, 0.25) is 0 Å². The minimum atomic E-state index is 0.0586. The van der Waals surface area contributed by atoms with Crippen molar-refractivity contribution in [2.24, 2.45) is 0 Å². The lowest BCUT2D eigenvalue weighted by atomic mass is 10.0. The molecular formula is C20H19N3O4S2. The molecule has 1 aromatic carbocycles. The average Bonchev–Trinajstić information content (AvgIpc) is 3.52. The van der Waals surface area contributed by atoms with Crippen LogP contribution in [0.4, 0.5) is 0 Å². The van der Waals surface area contributed by atoms with Crippen LogP contribution in [-0.4, -0.2) is 46.5 Å². The smallest absolute Gasteiger partial charge is 0.277 e.